The zero-order valence-corrected chi connectivity index (χ0v) is 12.2. The molecule has 6 heteroatoms. The Hall–Kier alpha value is -2.73. The zero-order chi connectivity index (χ0) is 15.1. The molecule has 0 fully saturated rings. The van der Waals surface area contributed by atoms with Crippen molar-refractivity contribution in [1.82, 2.24) is 14.5 Å². The summed E-state index contributed by atoms with van der Waals surface area (Å²) in [5, 5.41) is 6.87. The maximum atomic E-state index is 11.8. The summed E-state index contributed by atoms with van der Waals surface area (Å²) >= 11 is 0. The van der Waals surface area contributed by atoms with Gasteiger partial charge in [0.05, 0.1) is 6.20 Å². The van der Waals surface area contributed by atoms with Crippen molar-refractivity contribution in [2.24, 2.45) is 0 Å². The van der Waals surface area contributed by atoms with Crippen molar-refractivity contribution >= 4 is 32.7 Å². The van der Waals surface area contributed by atoms with Gasteiger partial charge in [-0.2, -0.15) is 5.10 Å². The predicted molar refractivity (Wildman–Crippen MR) is 85.7 cm³/mol. The maximum Gasteiger partial charge on any atom is 0.258 e. The maximum absolute atomic E-state index is 11.8. The van der Waals surface area contributed by atoms with Crippen LogP contribution in [0.4, 0.5) is 0 Å². The summed E-state index contributed by atoms with van der Waals surface area (Å²) in [6.07, 6.45) is 4.77. The van der Waals surface area contributed by atoms with E-state index in [9.17, 15) is 9.00 Å². The second-order valence-corrected chi connectivity index (χ2v) is 6.11. The normalized spacial score (nSPS) is 17.5. The van der Waals surface area contributed by atoms with Crippen molar-refractivity contribution in [3.05, 3.63) is 60.9 Å². The molecular weight excluding hydrogens is 298 g/mol. The second kappa shape index (κ2) is 4.92. The lowest BCUT2D eigenvalue weighted by Crippen LogP contribution is -2.17. The Balaban J connectivity index is 1.75. The molecule has 108 valence electrons. The molecule has 0 radical (unpaired) electrons. The van der Waals surface area contributed by atoms with E-state index < -0.39 is 11.0 Å². The van der Waals surface area contributed by atoms with Gasteiger partial charge in [-0.15, -0.1) is 0 Å². The van der Waals surface area contributed by atoms with Gasteiger partial charge in [0.1, 0.15) is 0 Å². The van der Waals surface area contributed by atoms with Crippen molar-refractivity contribution in [2.75, 3.05) is 0 Å². The molecule has 0 saturated heterocycles. The molecule has 2 heterocycles. The minimum absolute atomic E-state index is 0.344. The third-order valence-corrected chi connectivity index (χ3v) is 4.60. The van der Waals surface area contributed by atoms with Crippen LogP contribution >= 0.6 is 0 Å². The van der Waals surface area contributed by atoms with Crippen LogP contribution < -0.4 is 4.72 Å². The number of carbonyl (C=O) groups is 1. The van der Waals surface area contributed by atoms with Crippen LogP contribution in [0.5, 0.6) is 0 Å². The van der Waals surface area contributed by atoms with E-state index in [1.807, 2.05) is 18.2 Å². The molecule has 1 unspecified atom stereocenters. The molecule has 3 aromatic rings. The third kappa shape index (κ3) is 2.14. The van der Waals surface area contributed by atoms with Crippen molar-refractivity contribution in [1.29, 1.82) is 0 Å². The largest absolute Gasteiger partial charge is 0.269 e. The standard InChI is InChI=1S/C16H11N3O2S/c20-15-8-16(22(21)18-15)19-10-14(9-17-19)13-6-5-11-3-1-2-4-12(11)7-13/h1-10H,(H,18,20). The van der Waals surface area contributed by atoms with Gasteiger partial charge in [0.15, 0.2) is 16.0 Å². The van der Waals surface area contributed by atoms with Gasteiger partial charge in [-0.3, -0.25) is 9.52 Å². The number of benzene rings is 2. The van der Waals surface area contributed by atoms with Crippen LogP contribution in [0.15, 0.2) is 60.9 Å². The molecule has 1 N–H and O–H groups in total. The van der Waals surface area contributed by atoms with Crippen molar-refractivity contribution < 1.29 is 9.00 Å². The molecular formula is C16H11N3O2S. The Morgan fingerprint density at radius 2 is 1.86 bits per heavy atom. The Bertz CT molecular complexity index is 959. The van der Waals surface area contributed by atoms with E-state index in [0.29, 0.717) is 5.03 Å². The number of hydrogen-bond donors (Lipinski definition) is 1. The van der Waals surface area contributed by atoms with Gasteiger partial charge < -0.3 is 0 Å². The lowest BCUT2D eigenvalue weighted by Gasteiger charge is -2.01. The van der Waals surface area contributed by atoms with E-state index in [1.54, 1.807) is 12.4 Å². The lowest BCUT2D eigenvalue weighted by molar-refractivity contribution is -0.114. The average Bonchev–Trinajstić information content (AvgIpc) is 3.13. The van der Waals surface area contributed by atoms with Crippen molar-refractivity contribution in [3.8, 4) is 11.1 Å². The molecule has 1 amide bonds. The van der Waals surface area contributed by atoms with Crippen LogP contribution in [0.3, 0.4) is 0 Å². The zero-order valence-electron chi connectivity index (χ0n) is 11.4. The Morgan fingerprint density at radius 1 is 1.05 bits per heavy atom. The van der Waals surface area contributed by atoms with Crippen LogP contribution in [0.25, 0.3) is 26.9 Å². The molecule has 22 heavy (non-hydrogen) atoms. The molecule has 0 saturated carbocycles. The van der Waals surface area contributed by atoms with E-state index >= 15 is 0 Å². The molecule has 0 aliphatic carbocycles. The first-order valence-corrected chi connectivity index (χ1v) is 7.84. The fraction of sp³-hybridized carbons (Fsp3) is 0. The third-order valence-electron chi connectivity index (χ3n) is 3.53. The Morgan fingerprint density at radius 3 is 2.64 bits per heavy atom. The topological polar surface area (TPSA) is 64.0 Å². The minimum Gasteiger partial charge on any atom is -0.269 e. The first-order valence-electron chi connectivity index (χ1n) is 6.69. The number of fused-ring (bicyclic) bond motifs is 1. The monoisotopic (exact) mass is 309 g/mol. The van der Waals surface area contributed by atoms with Gasteiger partial charge in [-0.25, -0.2) is 8.89 Å². The molecule has 0 bridgehead atoms. The van der Waals surface area contributed by atoms with Gasteiger partial charge in [-0.1, -0.05) is 36.4 Å². The van der Waals surface area contributed by atoms with Crippen LogP contribution in [0, 0.1) is 0 Å². The summed E-state index contributed by atoms with van der Waals surface area (Å²) in [6.45, 7) is 0. The molecule has 0 spiro atoms. The van der Waals surface area contributed by atoms with Crippen LogP contribution in [-0.4, -0.2) is 19.9 Å². The number of amides is 1. The number of nitrogens with zero attached hydrogens (tertiary/aromatic N) is 2. The highest BCUT2D eigenvalue weighted by molar-refractivity contribution is 7.93. The van der Waals surface area contributed by atoms with Crippen LogP contribution in [0.1, 0.15) is 0 Å². The molecule has 5 nitrogen and oxygen atoms in total. The number of rotatable bonds is 2. The number of aromatic nitrogens is 2. The first kappa shape index (κ1) is 13.0. The quantitative estimate of drug-likeness (QED) is 0.790. The summed E-state index contributed by atoms with van der Waals surface area (Å²) in [7, 11) is -1.54. The Labute approximate surface area is 128 Å². The van der Waals surface area contributed by atoms with Crippen molar-refractivity contribution in [2.45, 2.75) is 0 Å². The number of hydrogen-bond acceptors (Lipinski definition) is 3. The molecule has 1 aromatic heterocycles. The highest BCUT2D eigenvalue weighted by atomic mass is 32.2. The molecule has 4 rings (SSSR count). The minimum atomic E-state index is -1.54. The van der Waals surface area contributed by atoms with Gasteiger partial charge in [-0.05, 0) is 22.4 Å². The summed E-state index contributed by atoms with van der Waals surface area (Å²) in [6, 6.07) is 14.3. The van der Waals surface area contributed by atoms with E-state index in [1.165, 1.54) is 16.1 Å². The van der Waals surface area contributed by atoms with Gasteiger partial charge in [0.25, 0.3) is 5.91 Å². The molecule has 2 aromatic carbocycles. The van der Waals surface area contributed by atoms with E-state index in [4.69, 9.17) is 0 Å². The van der Waals surface area contributed by atoms with Crippen molar-refractivity contribution in [3.63, 3.8) is 0 Å². The number of nitrogens with one attached hydrogen (secondary N) is 1. The summed E-state index contributed by atoms with van der Waals surface area (Å²) in [5.41, 5.74) is 1.93. The summed E-state index contributed by atoms with van der Waals surface area (Å²) < 4.78 is 15.5. The summed E-state index contributed by atoms with van der Waals surface area (Å²) in [4.78, 5) is 11.2. The Kier molecular flexibility index (Phi) is 2.90. The predicted octanol–water partition coefficient (Wildman–Crippen LogP) is 2.30. The van der Waals surface area contributed by atoms with Gasteiger partial charge in [0, 0.05) is 17.8 Å². The average molecular weight is 309 g/mol. The van der Waals surface area contributed by atoms with Crippen LogP contribution in [-0.2, 0) is 15.8 Å². The van der Waals surface area contributed by atoms with Gasteiger partial charge in [0.2, 0.25) is 0 Å². The smallest absolute Gasteiger partial charge is 0.258 e. The van der Waals surface area contributed by atoms with E-state index in [2.05, 4.69) is 34.1 Å². The lowest BCUT2D eigenvalue weighted by atomic mass is 10.0. The van der Waals surface area contributed by atoms with E-state index in [0.717, 1.165) is 16.5 Å². The molecule has 1 aliphatic heterocycles. The van der Waals surface area contributed by atoms with Gasteiger partial charge >= 0.3 is 0 Å². The second-order valence-electron chi connectivity index (χ2n) is 4.95. The highest BCUT2D eigenvalue weighted by Gasteiger charge is 2.21. The van der Waals surface area contributed by atoms with E-state index in [-0.39, 0.29) is 5.91 Å². The SMILES string of the molecule is O=C1C=C(n2cc(-c3ccc4ccccc4c3)cn2)S(=O)N1. The highest BCUT2D eigenvalue weighted by Crippen LogP contribution is 2.25. The fourth-order valence-electron chi connectivity index (χ4n) is 2.45. The molecule has 1 aliphatic rings. The fourth-order valence-corrected chi connectivity index (χ4v) is 3.28. The van der Waals surface area contributed by atoms with Crippen LogP contribution in [0.2, 0.25) is 0 Å². The molecule has 1 atom stereocenters. The first-order chi connectivity index (χ1) is 10.7. The number of carbonyl (C=O) groups excluding carboxylic acids is 1. The summed E-state index contributed by atoms with van der Waals surface area (Å²) in [5.74, 6) is -0.365.